The molecule has 0 nitrogen and oxygen atoms in total. The molecule has 0 amide bonds. The molecule has 0 spiro atoms. The summed E-state index contributed by atoms with van der Waals surface area (Å²) in [5.41, 5.74) is 0. The Morgan fingerprint density at radius 1 is 1.00 bits per heavy atom. The van der Waals surface area contributed by atoms with E-state index in [9.17, 15) is 0 Å². The Hall–Kier alpha value is -1.04. The van der Waals surface area contributed by atoms with Crippen LogP contribution in [0.25, 0.3) is 0 Å². The molecule has 0 aromatic rings. The van der Waals surface area contributed by atoms with Crippen molar-refractivity contribution >= 4 is 0 Å². The highest BCUT2D eigenvalue weighted by Gasteiger charge is 1.62. The topological polar surface area (TPSA) is 0 Å². The molecule has 0 bridgehead atoms. The van der Waals surface area contributed by atoms with Gasteiger partial charge in [-0.1, -0.05) is 49.6 Å². The molecule has 46 valence electrons. The standard InChI is InChI=1S/C9H10/c1-3-5-7-9-8-6-4-2/h1-5,7-9H,6H2. The third-order valence-corrected chi connectivity index (χ3v) is 0.742. The van der Waals surface area contributed by atoms with Crippen molar-refractivity contribution in [2.75, 3.05) is 0 Å². The summed E-state index contributed by atoms with van der Waals surface area (Å²) < 4.78 is 0. The summed E-state index contributed by atoms with van der Waals surface area (Å²) in [6.45, 7) is 10.2. The second kappa shape index (κ2) is 6.96. The molecule has 0 aliphatic heterocycles. The molecule has 0 atom stereocenters. The number of hydrogen-bond acceptors (Lipinski definition) is 0. The SMILES string of the molecule is [CH]=CC=CC=CCC=[CH]. The second-order valence-electron chi connectivity index (χ2n) is 1.48. The van der Waals surface area contributed by atoms with Gasteiger partial charge in [-0.3, -0.25) is 0 Å². The lowest BCUT2D eigenvalue weighted by atomic mass is 10.3. The van der Waals surface area contributed by atoms with E-state index < -0.39 is 0 Å². The van der Waals surface area contributed by atoms with Crippen LogP contribution in [0.4, 0.5) is 0 Å². The van der Waals surface area contributed by atoms with Crippen LogP contribution >= 0.6 is 0 Å². The number of hydrogen-bond donors (Lipinski definition) is 0. The first kappa shape index (κ1) is 7.96. The van der Waals surface area contributed by atoms with Crippen LogP contribution in [0.5, 0.6) is 0 Å². The lowest BCUT2D eigenvalue weighted by Gasteiger charge is -1.73. The van der Waals surface area contributed by atoms with E-state index in [0.717, 1.165) is 6.42 Å². The van der Waals surface area contributed by atoms with E-state index in [1.807, 2.05) is 18.2 Å². The molecule has 2 radical (unpaired) electrons. The average molecular weight is 118 g/mol. The number of rotatable bonds is 4. The minimum Gasteiger partial charge on any atom is -0.0808 e. The zero-order chi connectivity index (χ0) is 6.95. The molecule has 9 heavy (non-hydrogen) atoms. The molecule has 0 aromatic heterocycles. The molecule has 0 heteroatoms. The fraction of sp³-hybridized carbons (Fsp3) is 0.111. The van der Waals surface area contributed by atoms with Gasteiger partial charge in [0.05, 0.1) is 0 Å². The highest BCUT2D eigenvalue weighted by atomic mass is 13.7. The summed E-state index contributed by atoms with van der Waals surface area (Å²) in [6, 6.07) is 0. The maximum Gasteiger partial charge on any atom is -0.0163 e. The van der Waals surface area contributed by atoms with Crippen molar-refractivity contribution in [1.82, 2.24) is 0 Å². The molecule has 0 aromatic carbocycles. The summed E-state index contributed by atoms with van der Waals surface area (Å²) in [4.78, 5) is 0. The van der Waals surface area contributed by atoms with Crippen molar-refractivity contribution in [2.24, 2.45) is 0 Å². The van der Waals surface area contributed by atoms with Crippen molar-refractivity contribution in [3.63, 3.8) is 0 Å². The monoisotopic (exact) mass is 118 g/mol. The maximum absolute atomic E-state index is 5.11. The molecule has 0 unspecified atom stereocenters. The van der Waals surface area contributed by atoms with Crippen LogP contribution < -0.4 is 0 Å². The van der Waals surface area contributed by atoms with Gasteiger partial charge >= 0.3 is 0 Å². The molecule has 0 aliphatic rings. The van der Waals surface area contributed by atoms with Crippen LogP contribution in [0.15, 0.2) is 36.5 Å². The summed E-state index contributed by atoms with van der Waals surface area (Å²) in [7, 11) is 0. The molecule has 0 heterocycles. The lowest BCUT2D eigenvalue weighted by Crippen LogP contribution is -1.52. The summed E-state index contributed by atoms with van der Waals surface area (Å²) >= 11 is 0. The van der Waals surface area contributed by atoms with E-state index in [0.29, 0.717) is 0 Å². The van der Waals surface area contributed by atoms with Crippen LogP contribution in [0, 0.1) is 13.2 Å². The zero-order valence-electron chi connectivity index (χ0n) is 5.33. The fourth-order valence-corrected chi connectivity index (χ4v) is 0.364. The van der Waals surface area contributed by atoms with Gasteiger partial charge in [0.2, 0.25) is 0 Å². The fourth-order valence-electron chi connectivity index (χ4n) is 0.364. The summed E-state index contributed by atoms with van der Waals surface area (Å²) in [6.07, 6.45) is 11.3. The first-order valence-electron chi connectivity index (χ1n) is 2.82. The van der Waals surface area contributed by atoms with Gasteiger partial charge in [0.15, 0.2) is 0 Å². The van der Waals surface area contributed by atoms with Crippen LogP contribution in [-0.2, 0) is 0 Å². The van der Waals surface area contributed by atoms with E-state index in [2.05, 4.69) is 0 Å². The Kier molecular flexibility index (Phi) is 6.16. The summed E-state index contributed by atoms with van der Waals surface area (Å²) in [5.74, 6) is 0. The first-order chi connectivity index (χ1) is 4.41. The first-order valence-corrected chi connectivity index (χ1v) is 2.82. The maximum atomic E-state index is 5.11. The van der Waals surface area contributed by atoms with Gasteiger partial charge < -0.3 is 0 Å². The molecular weight excluding hydrogens is 108 g/mol. The quantitative estimate of drug-likeness (QED) is 0.497. The molecule has 0 rings (SSSR count). The Balaban J connectivity index is 3.33. The van der Waals surface area contributed by atoms with Gasteiger partial charge in [0.1, 0.15) is 0 Å². The Morgan fingerprint density at radius 2 is 1.78 bits per heavy atom. The largest absolute Gasteiger partial charge is 0.0808 e. The van der Waals surface area contributed by atoms with E-state index in [-0.39, 0.29) is 0 Å². The van der Waals surface area contributed by atoms with Crippen LogP contribution in [0.2, 0.25) is 0 Å². The molecule has 0 aliphatic carbocycles. The van der Waals surface area contributed by atoms with Gasteiger partial charge in [-0.2, -0.15) is 0 Å². The Morgan fingerprint density at radius 3 is 2.33 bits per heavy atom. The Labute approximate surface area is 56.9 Å². The lowest BCUT2D eigenvalue weighted by molar-refractivity contribution is 1.40. The molecule has 0 saturated heterocycles. The summed E-state index contributed by atoms with van der Waals surface area (Å²) in [5, 5.41) is 0. The van der Waals surface area contributed by atoms with Crippen molar-refractivity contribution in [3.05, 3.63) is 49.6 Å². The molecular formula is C9H10. The highest BCUT2D eigenvalue weighted by Crippen LogP contribution is 1.83. The second-order valence-corrected chi connectivity index (χ2v) is 1.48. The third-order valence-electron chi connectivity index (χ3n) is 0.742. The predicted octanol–water partition coefficient (Wildman–Crippen LogP) is 2.47. The molecule has 0 saturated carbocycles. The van der Waals surface area contributed by atoms with E-state index >= 15 is 0 Å². The number of allylic oxidation sites excluding steroid dienone is 6. The normalized spacial score (nSPS) is 10.7. The van der Waals surface area contributed by atoms with Gasteiger partial charge in [-0.05, 0) is 6.42 Å². The zero-order valence-corrected chi connectivity index (χ0v) is 5.33. The average Bonchev–Trinajstić information content (AvgIpc) is 1.89. The van der Waals surface area contributed by atoms with E-state index in [1.165, 1.54) is 6.08 Å². The van der Waals surface area contributed by atoms with E-state index in [1.54, 1.807) is 12.2 Å². The van der Waals surface area contributed by atoms with Crippen molar-refractivity contribution in [1.29, 1.82) is 0 Å². The molecule has 0 fully saturated rings. The van der Waals surface area contributed by atoms with Crippen LogP contribution in [0.3, 0.4) is 0 Å². The van der Waals surface area contributed by atoms with Gasteiger partial charge in [-0.25, -0.2) is 0 Å². The molecule has 0 N–H and O–H groups in total. The van der Waals surface area contributed by atoms with Crippen molar-refractivity contribution < 1.29 is 0 Å². The van der Waals surface area contributed by atoms with Gasteiger partial charge in [-0.15, -0.1) is 0 Å². The Bertz CT molecular complexity index is 127. The minimum absolute atomic E-state index is 0.801. The van der Waals surface area contributed by atoms with Crippen molar-refractivity contribution in [3.8, 4) is 0 Å². The third kappa shape index (κ3) is 6.96. The highest BCUT2D eigenvalue weighted by molar-refractivity contribution is 5.08. The smallest absolute Gasteiger partial charge is 0.0163 e. The van der Waals surface area contributed by atoms with Gasteiger partial charge in [0.25, 0.3) is 0 Å². The van der Waals surface area contributed by atoms with Crippen LogP contribution in [0.1, 0.15) is 6.42 Å². The van der Waals surface area contributed by atoms with Crippen molar-refractivity contribution in [2.45, 2.75) is 6.42 Å². The van der Waals surface area contributed by atoms with Crippen LogP contribution in [-0.4, -0.2) is 0 Å². The van der Waals surface area contributed by atoms with Gasteiger partial charge in [0, 0.05) is 0 Å². The predicted molar refractivity (Wildman–Crippen MR) is 40.6 cm³/mol. The minimum atomic E-state index is 0.801. The van der Waals surface area contributed by atoms with E-state index in [4.69, 9.17) is 13.2 Å².